The van der Waals surface area contributed by atoms with Crippen molar-refractivity contribution >= 4 is 15.9 Å². The number of rotatable bonds is 4. The highest BCUT2D eigenvalue weighted by Gasteiger charge is 2.28. The molecule has 0 saturated carbocycles. The molecule has 1 atom stereocenters. The number of sulfonamides is 1. The number of hydrogen-bond acceptors (Lipinski definition) is 4. The van der Waals surface area contributed by atoms with Gasteiger partial charge in [0.15, 0.2) is 0 Å². The van der Waals surface area contributed by atoms with E-state index in [1.165, 1.54) is 6.20 Å². The molecule has 1 saturated heterocycles. The van der Waals surface area contributed by atoms with E-state index in [0.29, 0.717) is 25.1 Å². The summed E-state index contributed by atoms with van der Waals surface area (Å²) in [5.41, 5.74) is 0.518. The number of benzene rings is 1. The SMILES string of the molecule is Cn1cc(C(=O)N2CCC[C@H](NS(=O)(=O)c3ccccc3)C2)cn1. The lowest BCUT2D eigenvalue weighted by molar-refractivity contribution is 0.0703. The molecule has 1 aromatic carbocycles. The van der Waals surface area contributed by atoms with Gasteiger partial charge in [0.2, 0.25) is 10.0 Å². The molecule has 1 N–H and O–H groups in total. The molecule has 1 aliphatic heterocycles. The zero-order valence-corrected chi connectivity index (χ0v) is 14.2. The number of carbonyl (C=O) groups is 1. The predicted molar refractivity (Wildman–Crippen MR) is 88.9 cm³/mol. The van der Waals surface area contributed by atoms with Gasteiger partial charge in [-0.2, -0.15) is 5.10 Å². The van der Waals surface area contributed by atoms with Crippen LogP contribution in [0.4, 0.5) is 0 Å². The number of nitrogens with one attached hydrogen (secondary N) is 1. The van der Waals surface area contributed by atoms with Gasteiger partial charge in [-0.05, 0) is 25.0 Å². The van der Waals surface area contributed by atoms with E-state index in [0.717, 1.165) is 6.42 Å². The van der Waals surface area contributed by atoms with Crippen LogP contribution in [0.2, 0.25) is 0 Å². The number of amides is 1. The Balaban J connectivity index is 1.69. The van der Waals surface area contributed by atoms with Gasteiger partial charge < -0.3 is 4.90 Å². The summed E-state index contributed by atoms with van der Waals surface area (Å²) in [6, 6.07) is 7.98. The third-order valence-electron chi connectivity index (χ3n) is 4.04. The Morgan fingerprint density at radius 3 is 2.71 bits per heavy atom. The first kappa shape index (κ1) is 16.7. The fourth-order valence-corrected chi connectivity index (χ4v) is 4.14. The number of aromatic nitrogens is 2. The van der Waals surface area contributed by atoms with Gasteiger partial charge >= 0.3 is 0 Å². The van der Waals surface area contributed by atoms with Crippen molar-refractivity contribution in [3.05, 3.63) is 48.3 Å². The van der Waals surface area contributed by atoms with Gasteiger partial charge in [0.05, 0.1) is 16.7 Å². The third-order valence-corrected chi connectivity index (χ3v) is 5.57. The lowest BCUT2D eigenvalue weighted by Crippen LogP contribution is -2.49. The summed E-state index contributed by atoms with van der Waals surface area (Å²) in [5.74, 6) is -0.119. The molecule has 0 unspecified atom stereocenters. The molecule has 1 amide bonds. The van der Waals surface area contributed by atoms with Gasteiger partial charge in [-0.3, -0.25) is 9.48 Å². The first-order valence-corrected chi connectivity index (χ1v) is 9.29. The van der Waals surface area contributed by atoms with Crippen molar-refractivity contribution in [2.24, 2.45) is 7.05 Å². The average molecular weight is 348 g/mol. The summed E-state index contributed by atoms with van der Waals surface area (Å²) in [6.45, 7) is 0.983. The highest BCUT2D eigenvalue weighted by molar-refractivity contribution is 7.89. The quantitative estimate of drug-likeness (QED) is 0.893. The number of carbonyl (C=O) groups excluding carboxylic acids is 1. The molecule has 128 valence electrons. The van der Waals surface area contributed by atoms with Crippen LogP contribution in [-0.2, 0) is 17.1 Å². The molecule has 0 bridgehead atoms. The lowest BCUT2D eigenvalue weighted by atomic mass is 10.1. The second-order valence-electron chi connectivity index (χ2n) is 5.93. The van der Waals surface area contributed by atoms with Crippen LogP contribution in [0.25, 0.3) is 0 Å². The number of hydrogen-bond donors (Lipinski definition) is 1. The Kier molecular flexibility index (Phi) is 4.68. The van der Waals surface area contributed by atoms with Crippen molar-refractivity contribution in [1.29, 1.82) is 0 Å². The Morgan fingerprint density at radius 2 is 2.04 bits per heavy atom. The van der Waals surface area contributed by atoms with Crippen LogP contribution in [0, 0.1) is 0 Å². The Bertz CT molecular complexity index is 817. The Morgan fingerprint density at radius 1 is 1.29 bits per heavy atom. The largest absolute Gasteiger partial charge is 0.337 e. The van der Waals surface area contributed by atoms with Crippen LogP contribution < -0.4 is 4.72 Å². The molecule has 8 heteroatoms. The van der Waals surface area contributed by atoms with Crippen molar-refractivity contribution in [2.75, 3.05) is 13.1 Å². The summed E-state index contributed by atoms with van der Waals surface area (Å²) in [4.78, 5) is 14.4. The van der Waals surface area contributed by atoms with Crippen molar-refractivity contribution in [3.8, 4) is 0 Å². The predicted octanol–water partition coefficient (Wildman–Crippen LogP) is 1.00. The second-order valence-corrected chi connectivity index (χ2v) is 7.64. The maximum absolute atomic E-state index is 12.5. The molecular weight excluding hydrogens is 328 g/mol. The lowest BCUT2D eigenvalue weighted by Gasteiger charge is -2.32. The van der Waals surface area contributed by atoms with Gasteiger partial charge in [0.25, 0.3) is 5.91 Å². The van der Waals surface area contributed by atoms with Crippen molar-refractivity contribution < 1.29 is 13.2 Å². The van der Waals surface area contributed by atoms with Crippen molar-refractivity contribution in [2.45, 2.75) is 23.8 Å². The molecule has 0 radical (unpaired) electrons. The zero-order valence-electron chi connectivity index (χ0n) is 13.4. The van der Waals surface area contributed by atoms with Crippen LogP contribution in [0.3, 0.4) is 0 Å². The minimum atomic E-state index is -3.57. The van der Waals surface area contributed by atoms with Crippen molar-refractivity contribution in [1.82, 2.24) is 19.4 Å². The molecule has 24 heavy (non-hydrogen) atoms. The fourth-order valence-electron chi connectivity index (χ4n) is 2.86. The molecule has 1 aliphatic rings. The highest BCUT2D eigenvalue weighted by atomic mass is 32.2. The molecule has 1 fully saturated rings. The minimum absolute atomic E-state index is 0.119. The van der Waals surface area contributed by atoms with E-state index < -0.39 is 10.0 Å². The van der Waals surface area contributed by atoms with E-state index in [1.807, 2.05) is 0 Å². The molecule has 0 spiro atoms. The van der Waals surface area contributed by atoms with Gasteiger partial charge in [-0.25, -0.2) is 13.1 Å². The molecule has 0 aliphatic carbocycles. The van der Waals surface area contributed by atoms with Gasteiger partial charge in [-0.1, -0.05) is 18.2 Å². The number of piperidine rings is 1. The maximum atomic E-state index is 12.5. The second kappa shape index (κ2) is 6.74. The molecule has 7 nitrogen and oxygen atoms in total. The van der Waals surface area contributed by atoms with E-state index >= 15 is 0 Å². The Hall–Kier alpha value is -2.19. The van der Waals surface area contributed by atoms with E-state index in [1.54, 1.807) is 53.2 Å². The summed E-state index contributed by atoms with van der Waals surface area (Å²) >= 11 is 0. The zero-order chi connectivity index (χ0) is 17.2. The van der Waals surface area contributed by atoms with Gasteiger partial charge in [0, 0.05) is 32.4 Å². The fraction of sp³-hybridized carbons (Fsp3) is 0.375. The van der Waals surface area contributed by atoms with Gasteiger partial charge in [0.1, 0.15) is 0 Å². The normalized spacial score (nSPS) is 18.5. The number of nitrogens with zero attached hydrogens (tertiary/aromatic N) is 3. The van der Waals surface area contributed by atoms with Gasteiger partial charge in [-0.15, -0.1) is 0 Å². The standard InChI is InChI=1S/C16H20N4O3S/c1-19-11-13(10-17-19)16(21)20-9-5-6-14(12-20)18-24(22,23)15-7-3-2-4-8-15/h2-4,7-8,10-11,14,18H,5-6,9,12H2,1H3/t14-/m0/s1. The van der Waals surface area contributed by atoms with Crippen LogP contribution in [0.1, 0.15) is 23.2 Å². The van der Waals surface area contributed by atoms with E-state index in [-0.39, 0.29) is 16.8 Å². The molecule has 3 rings (SSSR count). The summed E-state index contributed by atoms with van der Waals surface area (Å²) in [5, 5.41) is 4.01. The van der Waals surface area contributed by atoms with Crippen molar-refractivity contribution in [3.63, 3.8) is 0 Å². The molecule has 2 aromatic rings. The van der Waals surface area contributed by atoms with E-state index in [4.69, 9.17) is 0 Å². The van der Waals surface area contributed by atoms with Crippen LogP contribution >= 0.6 is 0 Å². The molecule has 2 heterocycles. The van der Waals surface area contributed by atoms with Crippen LogP contribution in [-0.4, -0.2) is 48.1 Å². The first-order valence-electron chi connectivity index (χ1n) is 7.81. The summed E-state index contributed by atoms with van der Waals surface area (Å²) in [7, 11) is -1.82. The summed E-state index contributed by atoms with van der Waals surface area (Å²) in [6.07, 6.45) is 4.66. The third kappa shape index (κ3) is 3.65. The minimum Gasteiger partial charge on any atom is -0.337 e. The maximum Gasteiger partial charge on any atom is 0.257 e. The summed E-state index contributed by atoms with van der Waals surface area (Å²) < 4.78 is 29.1. The Labute approximate surface area is 141 Å². The number of likely N-dealkylation sites (tertiary alicyclic amines) is 1. The average Bonchev–Trinajstić information content (AvgIpc) is 3.01. The molecule has 1 aromatic heterocycles. The van der Waals surface area contributed by atoms with Crippen LogP contribution in [0.15, 0.2) is 47.6 Å². The highest BCUT2D eigenvalue weighted by Crippen LogP contribution is 2.16. The topological polar surface area (TPSA) is 84.3 Å². The first-order chi connectivity index (χ1) is 11.5. The number of aryl methyl sites for hydroxylation is 1. The van der Waals surface area contributed by atoms with E-state index in [2.05, 4.69) is 9.82 Å². The smallest absolute Gasteiger partial charge is 0.257 e. The van der Waals surface area contributed by atoms with Crippen LogP contribution in [0.5, 0.6) is 0 Å². The van der Waals surface area contributed by atoms with E-state index in [9.17, 15) is 13.2 Å². The molecular formula is C16H20N4O3S. The monoisotopic (exact) mass is 348 g/mol.